The Morgan fingerprint density at radius 2 is 2.12 bits per heavy atom. The van der Waals surface area contributed by atoms with Crippen LogP contribution in [0.2, 0.25) is 0 Å². The molecule has 7 nitrogen and oxygen atoms in total. The average molecular weight is 243 g/mol. The number of hydrogen-bond donors (Lipinski definition) is 4. The van der Waals surface area contributed by atoms with E-state index >= 15 is 0 Å². The van der Waals surface area contributed by atoms with E-state index in [9.17, 15) is 15.0 Å². The predicted octanol–water partition coefficient (Wildman–Crippen LogP) is -0.830. The van der Waals surface area contributed by atoms with Crippen molar-refractivity contribution >= 4 is 5.97 Å². The first-order valence-electron chi connectivity index (χ1n) is 5.23. The first-order valence-corrected chi connectivity index (χ1v) is 5.23. The molecule has 0 aliphatic heterocycles. The lowest BCUT2D eigenvalue weighted by Crippen LogP contribution is -2.24. The van der Waals surface area contributed by atoms with E-state index in [2.05, 4.69) is 5.10 Å². The van der Waals surface area contributed by atoms with Crippen molar-refractivity contribution in [2.75, 3.05) is 6.54 Å². The van der Waals surface area contributed by atoms with Gasteiger partial charge in [-0.1, -0.05) is 0 Å². The topological polar surface area (TPSA) is 122 Å². The molecule has 2 atom stereocenters. The van der Waals surface area contributed by atoms with Gasteiger partial charge in [0.15, 0.2) is 5.69 Å². The van der Waals surface area contributed by atoms with E-state index in [4.69, 9.17) is 10.8 Å². The summed E-state index contributed by atoms with van der Waals surface area (Å²) in [6, 6.07) is 0. The highest BCUT2D eigenvalue weighted by Gasteiger charge is 2.29. The molecule has 0 aliphatic carbocycles. The second-order valence-electron chi connectivity index (χ2n) is 3.87. The zero-order valence-corrected chi connectivity index (χ0v) is 9.79. The van der Waals surface area contributed by atoms with Gasteiger partial charge in [0.05, 0.1) is 11.8 Å². The predicted molar refractivity (Wildman–Crippen MR) is 59.5 cm³/mol. The van der Waals surface area contributed by atoms with Gasteiger partial charge in [-0.3, -0.25) is 4.68 Å². The fourth-order valence-electron chi connectivity index (χ4n) is 1.80. The summed E-state index contributed by atoms with van der Waals surface area (Å²) in [5.74, 6) is -1.19. The minimum atomic E-state index is -1.29. The Balaban J connectivity index is 3.16. The molecule has 0 radical (unpaired) electrons. The fourth-order valence-corrected chi connectivity index (χ4v) is 1.80. The molecule has 0 saturated carbocycles. The maximum absolute atomic E-state index is 11.1. The molecule has 0 bridgehead atoms. The summed E-state index contributed by atoms with van der Waals surface area (Å²) in [5, 5.41) is 32.5. The van der Waals surface area contributed by atoms with Crippen molar-refractivity contribution in [1.82, 2.24) is 9.78 Å². The van der Waals surface area contributed by atoms with Crippen molar-refractivity contribution in [2.45, 2.75) is 25.6 Å². The van der Waals surface area contributed by atoms with Crippen molar-refractivity contribution in [3.63, 3.8) is 0 Å². The molecule has 1 aromatic heterocycles. The molecular weight excluding hydrogens is 226 g/mol. The Kier molecular flexibility index (Phi) is 4.22. The van der Waals surface area contributed by atoms with E-state index in [0.29, 0.717) is 5.69 Å². The number of carboxylic acid groups (broad SMARTS) is 1. The second kappa shape index (κ2) is 5.26. The van der Waals surface area contributed by atoms with Crippen LogP contribution in [0.3, 0.4) is 0 Å². The number of aromatic nitrogens is 2. The van der Waals surface area contributed by atoms with Gasteiger partial charge in [0, 0.05) is 12.6 Å². The first-order chi connectivity index (χ1) is 7.90. The third-order valence-electron chi connectivity index (χ3n) is 2.59. The Morgan fingerprint density at radius 3 is 2.59 bits per heavy atom. The lowest BCUT2D eigenvalue weighted by atomic mass is 10.00. The number of aliphatic hydroxyl groups is 2. The number of nitrogens with zero attached hydrogens (tertiary/aromatic N) is 2. The highest BCUT2D eigenvalue weighted by molar-refractivity contribution is 5.88. The number of carbonyl (C=O) groups is 1. The maximum atomic E-state index is 11.1. The van der Waals surface area contributed by atoms with Crippen LogP contribution in [-0.4, -0.2) is 43.7 Å². The molecule has 0 amide bonds. The summed E-state index contributed by atoms with van der Waals surface area (Å²) in [4.78, 5) is 11.1. The fraction of sp³-hybridized carbons (Fsp3) is 0.600. The van der Waals surface area contributed by atoms with Gasteiger partial charge >= 0.3 is 5.97 Å². The standard InChI is InChI=1S/C10H17N3O4/c1-5-7(9(15)6(14)3-4-11)8(10(16)17)13(2)12-5/h6,9,14-15H,3-4,11H2,1-2H3,(H,16,17). The first kappa shape index (κ1) is 13.6. The number of aryl methyl sites for hydroxylation is 2. The molecule has 0 saturated heterocycles. The molecule has 2 unspecified atom stereocenters. The van der Waals surface area contributed by atoms with Crippen molar-refractivity contribution in [2.24, 2.45) is 12.8 Å². The Bertz CT molecular complexity index is 416. The third kappa shape index (κ3) is 2.63. The van der Waals surface area contributed by atoms with Gasteiger partial charge in [-0.2, -0.15) is 5.10 Å². The lowest BCUT2D eigenvalue weighted by molar-refractivity contribution is 0.0136. The van der Waals surface area contributed by atoms with Crippen molar-refractivity contribution < 1.29 is 20.1 Å². The number of aliphatic hydroxyl groups excluding tert-OH is 2. The monoisotopic (exact) mass is 243 g/mol. The van der Waals surface area contributed by atoms with E-state index < -0.39 is 18.2 Å². The largest absolute Gasteiger partial charge is 0.477 e. The van der Waals surface area contributed by atoms with Crippen molar-refractivity contribution in [3.8, 4) is 0 Å². The number of hydrogen-bond acceptors (Lipinski definition) is 5. The number of rotatable bonds is 5. The molecule has 17 heavy (non-hydrogen) atoms. The van der Waals surface area contributed by atoms with E-state index in [1.807, 2.05) is 0 Å². The summed E-state index contributed by atoms with van der Waals surface area (Å²) >= 11 is 0. The molecule has 0 aromatic carbocycles. The van der Waals surface area contributed by atoms with Gasteiger partial charge in [-0.05, 0) is 19.9 Å². The highest BCUT2D eigenvalue weighted by Crippen LogP contribution is 2.25. The van der Waals surface area contributed by atoms with Gasteiger partial charge in [-0.25, -0.2) is 4.79 Å². The van der Waals surface area contributed by atoms with Crippen molar-refractivity contribution in [3.05, 3.63) is 17.0 Å². The van der Waals surface area contributed by atoms with Crippen LogP contribution in [0, 0.1) is 6.92 Å². The van der Waals surface area contributed by atoms with E-state index in [1.165, 1.54) is 11.7 Å². The minimum absolute atomic E-state index is 0.119. The summed E-state index contributed by atoms with van der Waals surface area (Å²) in [7, 11) is 1.47. The molecule has 7 heteroatoms. The van der Waals surface area contributed by atoms with Crippen LogP contribution in [0.15, 0.2) is 0 Å². The maximum Gasteiger partial charge on any atom is 0.354 e. The molecular formula is C10H17N3O4. The minimum Gasteiger partial charge on any atom is -0.477 e. The zero-order chi connectivity index (χ0) is 13.2. The normalized spacial score (nSPS) is 14.6. The highest BCUT2D eigenvalue weighted by atomic mass is 16.4. The quantitative estimate of drug-likeness (QED) is 0.535. The zero-order valence-electron chi connectivity index (χ0n) is 9.79. The van der Waals surface area contributed by atoms with E-state index in [1.54, 1.807) is 6.92 Å². The van der Waals surface area contributed by atoms with Crippen LogP contribution in [0.1, 0.15) is 34.3 Å². The van der Waals surface area contributed by atoms with Crippen LogP contribution in [0.5, 0.6) is 0 Å². The molecule has 0 spiro atoms. The van der Waals surface area contributed by atoms with Gasteiger partial charge in [0.25, 0.3) is 0 Å². The summed E-state index contributed by atoms with van der Waals surface area (Å²) in [6.45, 7) is 1.79. The van der Waals surface area contributed by atoms with Gasteiger partial charge in [-0.15, -0.1) is 0 Å². The molecule has 1 rings (SSSR count). The summed E-state index contributed by atoms with van der Waals surface area (Å²) in [5.41, 5.74) is 5.68. The van der Waals surface area contributed by atoms with Crippen LogP contribution >= 0.6 is 0 Å². The van der Waals surface area contributed by atoms with Crippen LogP contribution < -0.4 is 5.73 Å². The summed E-state index contributed by atoms with van der Waals surface area (Å²) in [6.07, 6.45) is -2.20. The lowest BCUT2D eigenvalue weighted by Gasteiger charge is -2.17. The van der Waals surface area contributed by atoms with Gasteiger partial charge in [0.1, 0.15) is 6.10 Å². The van der Waals surface area contributed by atoms with Crippen LogP contribution in [0.25, 0.3) is 0 Å². The molecule has 0 aliphatic rings. The Morgan fingerprint density at radius 1 is 1.53 bits per heavy atom. The number of nitrogens with two attached hydrogens (primary N) is 1. The molecule has 1 aromatic rings. The van der Waals surface area contributed by atoms with Crippen LogP contribution in [-0.2, 0) is 7.05 Å². The molecule has 5 N–H and O–H groups in total. The Labute approximate surface area is 98.5 Å². The smallest absolute Gasteiger partial charge is 0.354 e. The average Bonchev–Trinajstić information content (AvgIpc) is 2.52. The Hall–Kier alpha value is -1.44. The van der Waals surface area contributed by atoms with Crippen LogP contribution in [0.4, 0.5) is 0 Å². The van der Waals surface area contributed by atoms with E-state index in [0.717, 1.165) is 0 Å². The third-order valence-corrected chi connectivity index (χ3v) is 2.59. The molecule has 96 valence electrons. The SMILES string of the molecule is Cc1nn(C)c(C(=O)O)c1C(O)C(O)CCN. The molecule has 1 heterocycles. The number of carboxylic acids is 1. The molecule has 0 fully saturated rings. The van der Waals surface area contributed by atoms with Gasteiger partial charge in [0.2, 0.25) is 0 Å². The van der Waals surface area contributed by atoms with Gasteiger partial charge < -0.3 is 21.1 Å². The number of aromatic carboxylic acids is 1. The van der Waals surface area contributed by atoms with Crippen molar-refractivity contribution in [1.29, 1.82) is 0 Å². The van der Waals surface area contributed by atoms with E-state index in [-0.39, 0.29) is 24.2 Å². The second-order valence-corrected chi connectivity index (χ2v) is 3.87. The summed E-state index contributed by atoms with van der Waals surface area (Å²) < 4.78 is 1.17.